The van der Waals surface area contributed by atoms with Gasteiger partial charge in [-0.1, -0.05) is 18.2 Å². The van der Waals surface area contributed by atoms with Gasteiger partial charge in [-0.15, -0.1) is 0 Å². The average molecular weight is 346 g/mol. The Morgan fingerprint density at radius 1 is 1.38 bits per heavy atom. The fraction of sp³-hybridized carbons (Fsp3) is 0.167. The summed E-state index contributed by atoms with van der Waals surface area (Å²) in [5, 5.41) is 3.30. The highest BCUT2D eigenvalue weighted by molar-refractivity contribution is 6.18. The second kappa shape index (κ2) is 7.47. The molecular formula is C18H17ClFN3O. The fourth-order valence-electron chi connectivity index (χ4n) is 2.53. The first-order valence-corrected chi connectivity index (χ1v) is 7.82. The highest BCUT2D eigenvalue weighted by Crippen LogP contribution is 2.32. The molecule has 0 saturated carbocycles. The first kappa shape index (κ1) is 16.5. The van der Waals surface area contributed by atoms with Crippen LogP contribution in [-0.2, 0) is 6.54 Å². The van der Waals surface area contributed by atoms with Gasteiger partial charge in [-0.3, -0.25) is 14.7 Å². The molecule has 4 nitrogen and oxygen atoms in total. The summed E-state index contributed by atoms with van der Waals surface area (Å²) in [6.45, 7) is 0.497. The molecule has 0 radical (unpaired) electrons. The lowest BCUT2D eigenvalue weighted by Crippen LogP contribution is -2.39. The van der Waals surface area contributed by atoms with E-state index in [2.05, 4.69) is 10.3 Å². The topological polar surface area (TPSA) is 37.4 Å². The summed E-state index contributed by atoms with van der Waals surface area (Å²) in [5.74, 6) is 0.395. The van der Waals surface area contributed by atoms with Gasteiger partial charge in [0.25, 0.3) is 0 Å². The Kier molecular flexibility index (Phi) is 5.13. The molecule has 1 aliphatic heterocycles. The molecule has 1 N–H and O–H groups in total. The van der Waals surface area contributed by atoms with E-state index in [0.717, 1.165) is 16.8 Å². The van der Waals surface area contributed by atoms with Gasteiger partial charge < -0.3 is 4.74 Å². The number of ether oxygens (including phenoxy) is 1. The van der Waals surface area contributed by atoms with Gasteiger partial charge in [0, 0.05) is 30.1 Å². The molecule has 0 saturated heterocycles. The lowest BCUT2D eigenvalue weighted by Gasteiger charge is -2.30. The third-order valence-electron chi connectivity index (χ3n) is 3.71. The second-order valence-electron chi connectivity index (χ2n) is 5.28. The Balaban J connectivity index is 1.74. The molecule has 124 valence electrons. The molecule has 0 spiro atoms. The second-order valence-corrected chi connectivity index (χ2v) is 5.64. The van der Waals surface area contributed by atoms with Crippen molar-refractivity contribution in [3.63, 3.8) is 0 Å². The monoisotopic (exact) mass is 345 g/mol. The number of hydrogen-bond donors (Lipinski definition) is 1. The Hall–Kier alpha value is -2.37. The van der Waals surface area contributed by atoms with Crippen molar-refractivity contribution < 1.29 is 9.13 Å². The SMILES string of the molecule is COc1cnccc1C1=CC=CC(NCc2cccc(F)c2)N1Cl. The fourth-order valence-corrected chi connectivity index (χ4v) is 2.81. The van der Waals surface area contributed by atoms with Crippen LogP contribution in [0.15, 0.2) is 61.0 Å². The summed E-state index contributed by atoms with van der Waals surface area (Å²) in [6.07, 6.45) is 8.88. The highest BCUT2D eigenvalue weighted by atomic mass is 35.5. The van der Waals surface area contributed by atoms with Crippen molar-refractivity contribution >= 4 is 17.5 Å². The normalized spacial score (nSPS) is 16.9. The molecule has 0 fully saturated rings. The van der Waals surface area contributed by atoms with Crippen LogP contribution in [0.2, 0.25) is 0 Å². The minimum atomic E-state index is -0.252. The first-order chi connectivity index (χ1) is 11.7. The largest absolute Gasteiger partial charge is 0.494 e. The van der Waals surface area contributed by atoms with Crippen molar-refractivity contribution in [2.24, 2.45) is 0 Å². The van der Waals surface area contributed by atoms with Crippen molar-refractivity contribution in [1.82, 2.24) is 14.7 Å². The van der Waals surface area contributed by atoms with E-state index in [9.17, 15) is 4.39 Å². The lowest BCUT2D eigenvalue weighted by atomic mass is 10.1. The van der Waals surface area contributed by atoms with Crippen LogP contribution in [-0.4, -0.2) is 22.7 Å². The quantitative estimate of drug-likeness (QED) is 0.838. The van der Waals surface area contributed by atoms with Gasteiger partial charge in [0.15, 0.2) is 0 Å². The molecule has 0 aliphatic carbocycles. The van der Waals surface area contributed by atoms with Crippen LogP contribution in [0.5, 0.6) is 5.75 Å². The molecule has 1 aromatic carbocycles. The van der Waals surface area contributed by atoms with Crippen LogP contribution < -0.4 is 10.1 Å². The van der Waals surface area contributed by atoms with Crippen LogP contribution in [0.4, 0.5) is 4.39 Å². The molecule has 0 bridgehead atoms. The number of halogens is 2. The number of hydrogen-bond acceptors (Lipinski definition) is 4. The van der Waals surface area contributed by atoms with Gasteiger partial charge >= 0.3 is 0 Å². The Labute approximate surface area is 145 Å². The van der Waals surface area contributed by atoms with Gasteiger partial charge in [0.1, 0.15) is 17.7 Å². The van der Waals surface area contributed by atoms with Gasteiger partial charge in [-0.25, -0.2) is 4.39 Å². The summed E-state index contributed by atoms with van der Waals surface area (Å²) >= 11 is 6.51. The number of rotatable bonds is 5. The molecule has 3 rings (SSSR count). The molecule has 2 heterocycles. The van der Waals surface area contributed by atoms with Crippen molar-refractivity contribution in [3.8, 4) is 5.75 Å². The maximum absolute atomic E-state index is 13.3. The molecule has 1 unspecified atom stereocenters. The Morgan fingerprint density at radius 2 is 2.25 bits per heavy atom. The first-order valence-electron chi connectivity index (χ1n) is 7.49. The lowest BCUT2D eigenvalue weighted by molar-refractivity contribution is 0.402. The van der Waals surface area contributed by atoms with Crippen LogP contribution in [0, 0.1) is 5.82 Å². The standard InChI is InChI=1S/C18H17ClFN3O/c1-24-17-12-21-9-8-15(17)16-6-3-7-18(23(16)19)22-11-13-4-2-5-14(20)10-13/h2-10,12,18,22H,11H2,1H3. The number of nitrogens with one attached hydrogen (secondary N) is 1. The van der Waals surface area contributed by atoms with Gasteiger partial charge in [-0.2, -0.15) is 0 Å². The Bertz CT molecular complexity index is 778. The van der Waals surface area contributed by atoms with E-state index in [1.807, 2.05) is 30.4 Å². The molecule has 1 aliphatic rings. The van der Waals surface area contributed by atoms with Gasteiger partial charge in [0.2, 0.25) is 0 Å². The van der Waals surface area contributed by atoms with E-state index in [-0.39, 0.29) is 12.0 Å². The minimum Gasteiger partial charge on any atom is -0.494 e. The summed E-state index contributed by atoms with van der Waals surface area (Å²) in [5.41, 5.74) is 2.51. The van der Waals surface area contributed by atoms with Crippen LogP contribution >= 0.6 is 11.8 Å². The number of methoxy groups -OCH3 is 1. The maximum Gasteiger partial charge on any atom is 0.146 e. The van der Waals surface area contributed by atoms with E-state index in [1.165, 1.54) is 12.1 Å². The summed E-state index contributed by atoms with van der Waals surface area (Å²) < 4.78 is 20.2. The highest BCUT2D eigenvalue weighted by Gasteiger charge is 2.22. The number of allylic oxidation sites excluding steroid dienone is 2. The van der Waals surface area contributed by atoms with Gasteiger partial charge in [0.05, 0.1) is 19.0 Å². The molecule has 0 amide bonds. The van der Waals surface area contributed by atoms with Gasteiger partial charge in [-0.05, 0) is 35.9 Å². The number of pyridine rings is 1. The van der Waals surface area contributed by atoms with E-state index in [1.54, 1.807) is 30.0 Å². The molecule has 24 heavy (non-hydrogen) atoms. The molecule has 6 heteroatoms. The number of benzene rings is 1. The number of nitrogens with zero attached hydrogens (tertiary/aromatic N) is 2. The van der Waals surface area contributed by atoms with E-state index >= 15 is 0 Å². The molecule has 2 aromatic rings. The summed E-state index contributed by atoms with van der Waals surface area (Å²) in [6, 6.07) is 8.33. The predicted octanol–water partition coefficient (Wildman–Crippen LogP) is 3.71. The van der Waals surface area contributed by atoms with E-state index < -0.39 is 0 Å². The zero-order chi connectivity index (χ0) is 16.9. The summed E-state index contributed by atoms with van der Waals surface area (Å²) in [4.78, 5) is 4.06. The Morgan fingerprint density at radius 3 is 3.04 bits per heavy atom. The van der Waals surface area contributed by atoms with E-state index in [4.69, 9.17) is 16.5 Å². The van der Waals surface area contributed by atoms with Crippen molar-refractivity contribution in [1.29, 1.82) is 0 Å². The van der Waals surface area contributed by atoms with Crippen LogP contribution in [0.1, 0.15) is 11.1 Å². The molecule has 1 aromatic heterocycles. The van der Waals surface area contributed by atoms with Crippen molar-refractivity contribution in [3.05, 3.63) is 77.9 Å². The predicted molar refractivity (Wildman–Crippen MR) is 92.6 cm³/mol. The average Bonchev–Trinajstić information content (AvgIpc) is 2.61. The smallest absolute Gasteiger partial charge is 0.146 e. The third kappa shape index (κ3) is 3.58. The minimum absolute atomic E-state index is 0.229. The third-order valence-corrected chi connectivity index (χ3v) is 4.10. The summed E-state index contributed by atoms with van der Waals surface area (Å²) in [7, 11) is 1.60. The zero-order valence-corrected chi connectivity index (χ0v) is 13.9. The molecule has 1 atom stereocenters. The van der Waals surface area contributed by atoms with Crippen LogP contribution in [0.3, 0.4) is 0 Å². The van der Waals surface area contributed by atoms with Crippen molar-refractivity contribution in [2.45, 2.75) is 12.7 Å². The number of aromatic nitrogens is 1. The van der Waals surface area contributed by atoms with Crippen LogP contribution in [0.25, 0.3) is 5.70 Å². The maximum atomic E-state index is 13.3. The zero-order valence-electron chi connectivity index (χ0n) is 13.1. The van der Waals surface area contributed by atoms with E-state index in [0.29, 0.717) is 12.3 Å². The molecular weight excluding hydrogens is 329 g/mol. The van der Waals surface area contributed by atoms with Crippen molar-refractivity contribution in [2.75, 3.05) is 7.11 Å².